The van der Waals surface area contributed by atoms with Gasteiger partial charge in [-0.3, -0.25) is 4.79 Å². The minimum absolute atomic E-state index is 0.0268. The van der Waals surface area contributed by atoms with E-state index < -0.39 is 0 Å². The van der Waals surface area contributed by atoms with Gasteiger partial charge in [0.2, 0.25) is 5.91 Å². The van der Waals surface area contributed by atoms with Gasteiger partial charge in [0, 0.05) is 19.6 Å². The first-order valence-corrected chi connectivity index (χ1v) is 4.33. The molecule has 0 aromatic rings. The van der Waals surface area contributed by atoms with Crippen LogP contribution in [-0.2, 0) is 4.79 Å². The number of carbonyl (C=O) groups excluding carboxylic acids is 1. The number of rotatable bonds is 4. The maximum absolute atomic E-state index is 11.0. The van der Waals surface area contributed by atoms with Crippen molar-refractivity contribution in [1.82, 2.24) is 5.32 Å². The minimum Gasteiger partial charge on any atom is -0.396 e. The largest absolute Gasteiger partial charge is 0.396 e. The molecule has 0 bridgehead atoms. The van der Waals surface area contributed by atoms with Gasteiger partial charge >= 0.3 is 0 Å². The number of carbonyl (C=O) groups is 1. The molecule has 3 heteroatoms. The summed E-state index contributed by atoms with van der Waals surface area (Å²) in [6.45, 7) is 6.98. The fourth-order valence-electron chi connectivity index (χ4n) is 0.692. The van der Waals surface area contributed by atoms with E-state index in [1.807, 2.05) is 0 Å². The quantitative estimate of drug-likeness (QED) is 0.664. The average molecular weight is 173 g/mol. The molecule has 0 saturated heterocycles. The van der Waals surface area contributed by atoms with Crippen molar-refractivity contribution in [3.8, 4) is 0 Å². The van der Waals surface area contributed by atoms with Crippen LogP contribution >= 0.6 is 0 Å². The van der Waals surface area contributed by atoms with Crippen LogP contribution in [0.5, 0.6) is 0 Å². The third-order valence-corrected chi connectivity index (χ3v) is 1.38. The number of hydrogen-bond donors (Lipinski definition) is 2. The molecular weight excluding hydrogens is 154 g/mol. The normalized spacial score (nSPS) is 11.3. The number of hydrogen-bond acceptors (Lipinski definition) is 2. The standard InChI is InChI=1S/C9H19NO2/c1-9(2,3)7-10-8(12)5-4-6-11/h11H,4-7H2,1-3H3,(H,10,12). The van der Waals surface area contributed by atoms with Gasteiger partial charge in [-0.25, -0.2) is 0 Å². The van der Waals surface area contributed by atoms with Crippen LogP contribution in [0.1, 0.15) is 33.6 Å². The molecule has 0 aromatic carbocycles. The van der Waals surface area contributed by atoms with Crippen LogP contribution in [0.3, 0.4) is 0 Å². The summed E-state index contributed by atoms with van der Waals surface area (Å²) in [7, 11) is 0. The summed E-state index contributed by atoms with van der Waals surface area (Å²) in [6, 6.07) is 0. The van der Waals surface area contributed by atoms with Crippen LogP contribution in [0.2, 0.25) is 0 Å². The summed E-state index contributed by atoms with van der Waals surface area (Å²) >= 11 is 0. The first kappa shape index (κ1) is 11.4. The lowest BCUT2D eigenvalue weighted by atomic mass is 9.97. The monoisotopic (exact) mass is 173 g/mol. The van der Waals surface area contributed by atoms with E-state index in [9.17, 15) is 4.79 Å². The molecule has 0 heterocycles. The fraction of sp³-hybridized carbons (Fsp3) is 0.889. The molecule has 0 aliphatic rings. The fourth-order valence-corrected chi connectivity index (χ4v) is 0.692. The van der Waals surface area contributed by atoms with E-state index in [1.165, 1.54) is 0 Å². The second-order valence-corrected chi connectivity index (χ2v) is 4.16. The van der Waals surface area contributed by atoms with Crippen molar-refractivity contribution in [3.63, 3.8) is 0 Å². The Morgan fingerprint density at radius 1 is 1.42 bits per heavy atom. The summed E-state index contributed by atoms with van der Waals surface area (Å²) in [6.07, 6.45) is 0.975. The van der Waals surface area contributed by atoms with E-state index in [0.717, 1.165) is 0 Å². The molecule has 0 rings (SSSR count). The van der Waals surface area contributed by atoms with Crippen molar-refractivity contribution in [2.45, 2.75) is 33.6 Å². The predicted molar refractivity (Wildman–Crippen MR) is 48.8 cm³/mol. The molecule has 12 heavy (non-hydrogen) atoms. The zero-order chi connectivity index (χ0) is 9.61. The van der Waals surface area contributed by atoms with Gasteiger partial charge in [0.15, 0.2) is 0 Å². The highest BCUT2D eigenvalue weighted by molar-refractivity contribution is 5.75. The van der Waals surface area contributed by atoms with Crippen LogP contribution < -0.4 is 5.32 Å². The zero-order valence-electron chi connectivity index (χ0n) is 8.18. The molecule has 0 radical (unpaired) electrons. The lowest BCUT2D eigenvalue weighted by Gasteiger charge is -2.18. The molecule has 72 valence electrons. The van der Waals surface area contributed by atoms with Gasteiger partial charge in [-0.1, -0.05) is 20.8 Å². The first-order chi connectivity index (χ1) is 5.45. The van der Waals surface area contributed by atoms with Crippen LogP contribution in [0, 0.1) is 5.41 Å². The molecule has 0 aromatic heterocycles. The molecule has 1 amide bonds. The maximum Gasteiger partial charge on any atom is 0.220 e. The molecular formula is C9H19NO2. The summed E-state index contributed by atoms with van der Waals surface area (Å²) < 4.78 is 0. The molecule has 0 saturated carbocycles. The van der Waals surface area contributed by atoms with Crippen molar-refractivity contribution in [3.05, 3.63) is 0 Å². The number of aliphatic hydroxyl groups is 1. The third-order valence-electron chi connectivity index (χ3n) is 1.38. The Kier molecular flexibility index (Phi) is 4.90. The minimum atomic E-state index is 0.0268. The highest BCUT2D eigenvalue weighted by atomic mass is 16.3. The van der Waals surface area contributed by atoms with Gasteiger partial charge < -0.3 is 10.4 Å². The average Bonchev–Trinajstić information content (AvgIpc) is 1.95. The summed E-state index contributed by atoms with van der Waals surface area (Å²) in [5.74, 6) is 0.0268. The summed E-state index contributed by atoms with van der Waals surface area (Å²) in [4.78, 5) is 11.0. The Bertz CT molecular complexity index is 138. The molecule has 0 aliphatic heterocycles. The van der Waals surface area contributed by atoms with Gasteiger partial charge in [-0.2, -0.15) is 0 Å². The van der Waals surface area contributed by atoms with Gasteiger partial charge in [-0.05, 0) is 11.8 Å². The van der Waals surface area contributed by atoms with Gasteiger partial charge in [0.05, 0.1) is 0 Å². The van der Waals surface area contributed by atoms with Crippen molar-refractivity contribution in [1.29, 1.82) is 0 Å². The lowest BCUT2D eigenvalue weighted by Crippen LogP contribution is -2.32. The Morgan fingerprint density at radius 3 is 2.42 bits per heavy atom. The van der Waals surface area contributed by atoms with E-state index >= 15 is 0 Å². The zero-order valence-corrected chi connectivity index (χ0v) is 8.18. The van der Waals surface area contributed by atoms with Crippen molar-refractivity contribution >= 4 is 5.91 Å². The number of aliphatic hydroxyl groups excluding tert-OH is 1. The SMILES string of the molecule is CC(C)(C)CNC(=O)CCCO. The maximum atomic E-state index is 11.0. The summed E-state index contributed by atoms with van der Waals surface area (Å²) in [5, 5.41) is 11.3. The Balaban J connectivity index is 3.44. The molecule has 3 nitrogen and oxygen atoms in total. The van der Waals surface area contributed by atoms with E-state index in [0.29, 0.717) is 19.4 Å². The van der Waals surface area contributed by atoms with Gasteiger partial charge in [-0.15, -0.1) is 0 Å². The molecule has 0 atom stereocenters. The first-order valence-electron chi connectivity index (χ1n) is 4.33. The Hall–Kier alpha value is -0.570. The van der Waals surface area contributed by atoms with Crippen molar-refractivity contribution in [2.24, 2.45) is 5.41 Å². The van der Waals surface area contributed by atoms with Gasteiger partial charge in [0.1, 0.15) is 0 Å². The van der Waals surface area contributed by atoms with Crippen LogP contribution in [0.4, 0.5) is 0 Å². The van der Waals surface area contributed by atoms with Crippen molar-refractivity contribution in [2.75, 3.05) is 13.2 Å². The van der Waals surface area contributed by atoms with E-state index in [-0.39, 0.29) is 17.9 Å². The van der Waals surface area contributed by atoms with E-state index in [2.05, 4.69) is 26.1 Å². The molecule has 0 spiro atoms. The second kappa shape index (κ2) is 5.14. The Morgan fingerprint density at radius 2 is 2.00 bits per heavy atom. The summed E-state index contributed by atoms with van der Waals surface area (Å²) in [5.41, 5.74) is 0.134. The highest BCUT2D eigenvalue weighted by Gasteiger charge is 2.11. The molecule has 0 fully saturated rings. The lowest BCUT2D eigenvalue weighted by molar-refractivity contribution is -0.121. The van der Waals surface area contributed by atoms with E-state index in [1.54, 1.807) is 0 Å². The van der Waals surface area contributed by atoms with Crippen LogP contribution in [0.25, 0.3) is 0 Å². The molecule has 2 N–H and O–H groups in total. The predicted octanol–water partition coefficient (Wildman–Crippen LogP) is 0.921. The van der Waals surface area contributed by atoms with Crippen molar-refractivity contribution < 1.29 is 9.90 Å². The topological polar surface area (TPSA) is 49.3 Å². The van der Waals surface area contributed by atoms with Crippen LogP contribution in [0.15, 0.2) is 0 Å². The highest BCUT2D eigenvalue weighted by Crippen LogP contribution is 2.10. The smallest absolute Gasteiger partial charge is 0.220 e. The Labute approximate surface area is 74.2 Å². The third kappa shape index (κ3) is 7.54. The van der Waals surface area contributed by atoms with E-state index in [4.69, 9.17) is 5.11 Å². The molecule has 0 unspecified atom stereocenters. The number of nitrogens with one attached hydrogen (secondary N) is 1. The van der Waals surface area contributed by atoms with Gasteiger partial charge in [0.25, 0.3) is 0 Å². The van der Waals surface area contributed by atoms with Crippen LogP contribution in [-0.4, -0.2) is 24.2 Å². The number of amides is 1. The molecule has 0 aliphatic carbocycles. The second-order valence-electron chi connectivity index (χ2n) is 4.16.